The van der Waals surface area contributed by atoms with E-state index in [9.17, 15) is 0 Å². The summed E-state index contributed by atoms with van der Waals surface area (Å²) in [6.07, 6.45) is 0.858. The first-order valence-electron chi connectivity index (χ1n) is 21.1. The van der Waals surface area contributed by atoms with E-state index in [0.29, 0.717) is 0 Å². The van der Waals surface area contributed by atoms with Gasteiger partial charge in [-0.15, -0.1) is 0 Å². The first-order chi connectivity index (χ1) is 30.3. The van der Waals surface area contributed by atoms with Crippen molar-refractivity contribution < 1.29 is 0 Å². The smallest absolute Gasteiger partial charge is 0.127 e. The van der Waals surface area contributed by atoms with E-state index in [1.54, 1.807) is 0 Å². The molecule has 0 spiro atoms. The van der Waals surface area contributed by atoms with Crippen molar-refractivity contribution >= 4 is 45.2 Å². The number of rotatable bonds is 8. The maximum absolute atomic E-state index is 2.50. The summed E-state index contributed by atoms with van der Waals surface area (Å²) in [4.78, 5) is 4.94. The molecule has 1 aliphatic heterocycles. The molecule has 0 saturated heterocycles. The first kappa shape index (κ1) is 36.2. The molecule has 11 rings (SSSR count). The van der Waals surface area contributed by atoms with Gasteiger partial charge in [0.2, 0.25) is 0 Å². The molecule has 10 aromatic rings. The third-order valence-electron chi connectivity index (χ3n) is 12.1. The number of anilines is 6. The highest BCUT2D eigenvalue weighted by atomic mass is 15.3. The lowest BCUT2D eigenvalue weighted by molar-refractivity contribution is 0.821. The molecule has 1 aromatic heterocycles. The van der Waals surface area contributed by atoms with Crippen LogP contribution in [0.25, 0.3) is 38.8 Å². The molecule has 2 heterocycles. The van der Waals surface area contributed by atoms with Crippen LogP contribution in [0, 0.1) is 0 Å². The maximum atomic E-state index is 2.50. The van der Waals surface area contributed by atoms with Gasteiger partial charge in [-0.05, 0) is 119 Å². The van der Waals surface area contributed by atoms with Crippen molar-refractivity contribution in [2.24, 2.45) is 0 Å². The van der Waals surface area contributed by atoms with Crippen molar-refractivity contribution in [1.29, 1.82) is 0 Å². The van der Waals surface area contributed by atoms with Gasteiger partial charge in [-0.25, -0.2) is 0 Å². The first-order valence-corrected chi connectivity index (χ1v) is 21.1. The molecule has 0 saturated carbocycles. The van der Waals surface area contributed by atoms with E-state index >= 15 is 0 Å². The van der Waals surface area contributed by atoms with Gasteiger partial charge in [-0.3, -0.25) is 9.47 Å². The standard InChI is InChI=1S/C58H43N3/c1-7-21-42(22-8-1)46-37-47(43-23-9-2-10-24-43)39-52(38-46)59(48-28-13-4-14-29-48)51-35-36-56-54(41-51)57-53(44-25-11-3-12-26-44)40-45-27-19-20-34-55(45)60(49-30-15-5-16-31-49)58(57)61(56)50-32-17-6-18-33-50/h1-39,41,53H,40H2. The SMILES string of the molecule is c1ccc(-c2cc(-c3ccccc3)cc(N(c3ccccc3)c3ccc4c(c3)c3c(n4-c4ccccc4)N(c4ccccc4)c4ccccc4CC3c3ccccc3)c2)cc1. The van der Waals surface area contributed by atoms with Gasteiger partial charge in [0.05, 0.1) is 11.2 Å². The van der Waals surface area contributed by atoms with Gasteiger partial charge < -0.3 is 4.90 Å². The van der Waals surface area contributed by atoms with Crippen molar-refractivity contribution in [2.75, 3.05) is 9.80 Å². The Morgan fingerprint density at radius 1 is 0.393 bits per heavy atom. The zero-order valence-electron chi connectivity index (χ0n) is 33.7. The van der Waals surface area contributed by atoms with E-state index in [1.165, 1.54) is 50.0 Å². The molecule has 3 heteroatoms. The van der Waals surface area contributed by atoms with Crippen LogP contribution >= 0.6 is 0 Å². The van der Waals surface area contributed by atoms with Gasteiger partial charge >= 0.3 is 0 Å². The highest BCUT2D eigenvalue weighted by molar-refractivity contribution is 6.00. The van der Waals surface area contributed by atoms with Gasteiger partial charge in [0, 0.05) is 45.3 Å². The predicted molar refractivity (Wildman–Crippen MR) is 256 cm³/mol. The zero-order chi connectivity index (χ0) is 40.5. The molecule has 0 aliphatic carbocycles. The zero-order valence-corrected chi connectivity index (χ0v) is 33.7. The fourth-order valence-electron chi connectivity index (χ4n) is 9.34. The van der Waals surface area contributed by atoms with E-state index in [0.717, 1.165) is 46.2 Å². The number of para-hydroxylation sites is 4. The van der Waals surface area contributed by atoms with Gasteiger partial charge in [0.1, 0.15) is 5.82 Å². The average Bonchev–Trinajstić information content (AvgIpc) is 3.58. The molecule has 0 bridgehead atoms. The molecule has 0 radical (unpaired) electrons. The Hall–Kier alpha value is -7.88. The Morgan fingerprint density at radius 3 is 1.54 bits per heavy atom. The topological polar surface area (TPSA) is 11.4 Å². The van der Waals surface area contributed by atoms with Crippen LogP contribution < -0.4 is 9.80 Å². The van der Waals surface area contributed by atoms with Crippen LogP contribution in [0.5, 0.6) is 0 Å². The van der Waals surface area contributed by atoms with Crippen LogP contribution in [0.15, 0.2) is 243 Å². The van der Waals surface area contributed by atoms with Gasteiger partial charge in [-0.2, -0.15) is 0 Å². The number of aromatic nitrogens is 1. The fraction of sp³-hybridized carbons (Fsp3) is 0.0345. The Labute approximate surface area is 357 Å². The molecular weight excluding hydrogens is 739 g/mol. The van der Waals surface area contributed by atoms with E-state index < -0.39 is 0 Å². The lowest BCUT2D eigenvalue weighted by atomic mass is 9.85. The summed E-state index contributed by atoms with van der Waals surface area (Å²) in [5.41, 5.74) is 16.5. The Kier molecular flexibility index (Phi) is 9.33. The summed E-state index contributed by atoms with van der Waals surface area (Å²) in [7, 11) is 0. The molecule has 9 aromatic carbocycles. The largest absolute Gasteiger partial charge is 0.310 e. The normalized spacial score (nSPS) is 13.3. The Balaban J connectivity index is 1.23. The van der Waals surface area contributed by atoms with E-state index in [4.69, 9.17) is 0 Å². The summed E-state index contributed by atoms with van der Waals surface area (Å²) in [5, 5.41) is 1.22. The summed E-state index contributed by atoms with van der Waals surface area (Å²) in [6.45, 7) is 0. The minimum Gasteiger partial charge on any atom is -0.310 e. The molecule has 0 N–H and O–H groups in total. The molecular formula is C58H43N3. The van der Waals surface area contributed by atoms with Crippen LogP contribution in [0.1, 0.15) is 22.6 Å². The van der Waals surface area contributed by atoms with Gasteiger partial charge in [0.25, 0.3) is 0 Å². The molecule has 61 heavy (non-hydrogen) atoms. The second-order valence-electron chi connectivity index (χ2n) is 15.7. The molecule has 290 valence electrons. The van der Waals surface area contributed by atoms with Crippen molar-refractivity contribution in [1.82, 2.24) is 4.57 Å². The molecule has 3 nitrogen and oxygen atoms in total. The van der Waals surface area contributed by atoms with Gasteiger partial charge in [-0.1, -0.05) is 164 Å². The number of nitrogens with zero attached hydrogens (tertiary/aromatic N) is 3. The maximum Gasteiger partial charge on any atom is 0.127 e. The molecule has 1 unspecified atom stereocenters. The lowest BCUT2D eigenvalue weighted by Crippen LogP contribution is -2.15. The second kappa shape index (κ2) is 15.7. The van der Waals surface area contributed by atoms with Crippen molar-refractivity contribution in [3.05, 3.63) is 259 Å². The summed E-state index contributed by atoms with van der Waals surface area (Å²) in [6, 6.07) is 88.2. The highest BCUT2D eigenvalue weighted by Gasteiger charge is 2.35. The van der Waals surface area contributed by atoms with Crippen molar-refractivity contribution in [3.63, 3.8) is 0 Å². The lowest BCUT2D eigenvalue weighted by Gasteiger charge is -2.28. The Morgan fingerprint density at radius 2 is 0.918 bits per heavy atom. The number of hydrogen-bond acceptors (Lipinski definition) is 2. The minimum absolute atomic E-state index is 0.0741. The average molecular weight is 782 g/mol. The number of benzene rings is 9. The monoisotopic (exact) mass is 781 g/mol. The van der Waals surface area contributed by atoms with Crippen LogP contribution in [0.4, 0.5) is 34.3 Å². The van der Waals surface area contributed by atoms with Crippen molar-refractivity contribution in [2.45, 2.75) is 12.3 Å². The molecule has 0 fully saturated rings. The predicted octanol–water partition coefficient (Wildman–Crippen LogP) is 15.6. The summed E-state index contributed by atoms with van der Waals surface area (Å²) in [5.74, 6) is 1.23. The van der Waals surface area contributed by atoms with E-state index in [2.05, 4.69) is 257 Å². The van der Waals surface area contributed by atoms with Crippen LogP contribution in [0.2, 0.25) is 0 Å². The van der Waals surface area contributed by atoms with E-state index in [1.807, 2.05) is 0 Å². The van der Waals surface area contributed by atoms with Crippen LogP contribution in [-0.2, 0) is 6.42 Å². The number of hydrogen-bond donors (Lipinski definition) is 0. The third-order valence-corrected chi connectivity index (χ3v) is 12.1. The van der Waals surface area contributed by atoms with E-state index in [-0.39, 0.29) is 5.92 Å². The van der Waals surface area contributed by atoms with Crippen molar-refractivity contribution in [3.8, 4) is 27.9 Å². The molecule has 0 amide bonds. The molecule has 1 aliphatic rings. The number of fused-ring (bicyclic) bond motifs is 4. The second-order valence-corrected chi connectivity index (χ2v) is 15.7. The van der Waals surface area contributed by atoms with Crippen LogP contribution in [-0.4, -0.2) is 4.57 Å². The highest BCUT2D eigenvalue weighted by Crippen LogP contribution is 2.53. The van der Waals surface area contributed by atoms with Gasteiger partial charge in [0.15, 0.2) is 0 Å². The minimum atomic E-state index is 0.0741. The molecule has 1 atom stereocenters. The summed E-state index contributed by atoms with van der Waals surface area (Å²) >= 11 is 0. The third kappa shape index (κ3) is 6.67. The quantitative estimate of drug-likeness (QED) is 0.152. The van der Waals surface area contributed by atoms with Crippen LogP contribution in [0.3, 0.4) is 0 Å². The Bertz CT molecular complexity index is 3030. The fourth-order valence-corrected chi connectivity index (χ4v) is 9.34. The summed E-state index contributed by atoms with van der Waals surface area (Å²) < 4.78 is 2.50.